The molecular weight excluding hydrogens is 302 g/mol. The van der Waals surface area contributed by atoms with Gasteiger partial charge in [0.1, 0.15) is 0 Å². The zero-order valence-electron chi connectivity index (χ0n) is 14.0. The smallest absolute Gasteiger partial charge is 0.241 e. The molecule has 1 atom stereocenters. The Kier molecular flexibility index (Phi) is 6.55. The van der Waals surface area contributed by atoms with Crippen LogP contribution in [0.4, 0.5) is 0 Å². The predicted molar refractivity (Wildman–Crippen MR) is 87.6 cm³/mol. The highest BCUT2D eigenvalue weighted by Crippen LogP contribution is 2.26. The Labute approximate surface area is 133 Å². The second-order valence-electron chi connectivity index (χ2n) is 6.52. The van der Waals surface area contributed by atoms with Gasteiger partial charge in [-0.15, -0.1) is 0 Å². The van der Waals surface area contributed by atoms with Gasteiger partial charge in [0, 0.05) is 19.8 Å². The highest BCUT2D eigenvalue weighted by molar-refractivity contribution is 7.89. The lowest BCUT2D eigenvalue weighted by Gasteiger charge is -2.22. The first-order valence-electron chi connectivity index (χ1n) is 7.35. The van der Waals surface area contributed by atoms with Crippen LogP contribution < -0.4 is 4.72 Å². The van der Waals surface area contributed by atoms with Gasteiger partial charge >= 0.3 is 0 Å². The van der Waals surface area contributed by atoms with Gasteiger partial charge in [-0.05, 0) is 36.0 Å². The number of benzene rings is 1. The van der Waals surface area contributed by atoms with Crippen molar-refractivity contribution < 1.29 is 18.3 Å². The number of nitrogens with one attached hydrogen (secondary N) is 1. The minimum atomic E-state index is -3.66. The first kappa shape index (κ1) is 19.1. The third-order valence-corrected chi connectivity index (χ3v) is 5.17. The van der Waals surface area contributed by atoms with Crippen molar-refractivity contribution in [1.82, 2.24) is 4.72 Å². The molecular formula is C16H27NO4S. The molecule has 0 saturated carbocycles. The average molecular weight is 329 g/mol. The van der Waals surface area contributed by atoms with E-state index in [0.29, 0.717) is 12.0 Å². The predicted octanol–water partition coefficient (Wildman–Crippen LogP) is 1.97. The second-order valence-corrected chi connectivity index (χ2v) is 8.20. The van der Waals surface area contributed by atoms with Crippen molar-refractivity contribution in [1.29, 1.82) is 0 Å². The molecule has 0 aliphatic heterocycles. The first-order valence-corrected chi connectivity index (χ1v) is 8.83. The van der Waals surface area contributed by atoms with Crippen LogP contribution in [-0.2, 0) is 20.2 Å². The van der Waals surface area contributed by atoms with Gasteiger partial charge in [-0.3, -0.25) is 0 Å². The molecule has 0 amide bonds. The number of methoxy groups -OCH3 is 1. The SMILES string of the molecule is COCC(CCO)NS(=O)(=O)c1cc(C(C)(C)C)ccc1C. The normalized spacial score (nSPS) is 14.1. The van der Waals surface area contributed by atoms with E-state index in [2.05, 4.69) is 4.72 Å². The van der Waals surface area contributed by atoms with Gasteiger partial charge in [-0.2, -0.15) is 0 Å². The number of aliphatic hydroxyl groups excluding tert-OH is 1. The summed E-state index contributed by atoms with van der Waals surface area (Å²) in [5.41, 5.74) is 1.53. The molecule has 6 heteroatoms. The van der Waals surface area contributed by atoms with Crippen LogP contribution in [0.3, 0.4) is 0 Å². The maximum atomic E-state index is 12.6. The van der Waals surface area contributed by atoms with Crippen LogP contribution in [0.1, 0.15) is 38.3 Å². The summed E-state index contributed by atoms with van der Waals surface area (Å²) >= 11 is 0. The number of hydrogen-bond donors (Lipinski definition) is 2. The van der Waals surface area contributed by atoms with Crippen LogP contribution >= 0.6 is 0 Å². The van der Waals surface area contributed by atoms with E-state index in [-0.39, 0.29) is 23.5 Å². The number of rotatable bonds is 7. The summed E-state index contributed by atoms with van der Waals surface area (Å²) in [4.78, 5) is 0.277. The largest absolute Gasteiger partial charge is 0.396 e. The lowest BCUT2D eigenvalue weighted by Crippen LogP contribution is -2.39. The Morgan fingerprint density at radius 2 is 1.95 bits per heavy atom. The Balaban J connectivity index is 3.16. The summed E-state index contributed by atoms with van der Waals surface area (Å²) in [6.45, 7) is 8.02. The van der Waals surface area contributed by atoms with Gasteiger partial charge in [-0.1, -0.05) is 32.9 Å². The molecule has 1 unspecified atom stereocenters. The first-order chi connectivity index (χ1) is 10.1. The maximum Gasteiger partial charge on any atom is 0.241 e. The Hall–Kier alpha value is -0.950. The summed E-state index contributed by atoms with van der Waals surface area (Å²) < 4.78 is 32.9. The van der Waals surface area contributed by atoms with Crippen molar-refractivity contribution in [2.45, 2.75) is 50.5 Å². The van der Waals surface area contributed by atoms with Crippen LogP contribution in [0.5, 0.6) is 0 Å². The molecule has 22 heavy (non-hydrogen) atoms. The molecule has 0 fully saturated rings. The molecule has 1 aromatic rings. The van der Waals surface area contributed by atoms with Crippen molar-refractivity contribution in [3.8, 4) is 0 Å². The minimum Gasteiger partial charge on any atom is -0.396 e. The number of hydrogen-bond acceptors (Lipinski definition) is 4. The van der Waals surface area contributed by atoms with Crippen molar-refractivity contribution in [3.05, 3.63) is 29.3 Å². The van der Waals surface area contributed by atoms with E-state index in [4.69, 9.17) is 9.84 Å². The molecule has 0 radical (unpaired) electrons. The summed E-state index contributed by atoms with van der Waals surface area (Å²) in [6.07, 6.45) is 0.311. The van der Waals surface area contributed by atoms with Crippen LogP contribution in [-0.4, -0.2) is 39.9 Å². The van der Waals surface area contributed by atoms with Crippen LogP contribution in [0.15, 0.2) is 23.1 Å². The number of sulfonamides is 1. The molecule has 0 aliphatic carbocycles. The van der Waals surface area contributed by atoms with Gasteiger partial charge in [-0.25, -0.2) is 13.1 Å². The monoisotopic (exact) mass is 329 g/mol. The zero-order chi connectivity index (χ0) is 17.0. The van der Waals surface area contributed by atoms with Gasteiger partial charge in [0.15, 0.2) is 0 Å². The fraction of sp³-hybridized carbons (Fsp3) is 0.625. The van der Waals surface area contributed by atoms with Gasteiger partial charge in [0.05, 0.1) is 11.5 Å². The lowest BCUT2D eigenvalue weighted by atomic mass is 9.87. The lowest BCUT2D eigenvalue weighted by molar-refractivity contribution is 0.158. The highest BCUT2D eigenvalue weighted by Gasteiger charge is 2.24. The number of aryl methyl sites for hydroxylation is 1. The molecule has 2 N–H and O–H groups in total. The number of ether oxygens (including phenoxy) is 1. The molecule has 0 aromatic heterocycles. The summed E-state index contributed by atoms with van der Waals surface area (Å²) in [7, 11) is -2.15. The summed E-state index contributed by atoms with van der Waals surface area (Å²) in [5.74, 6) is 0. The highest BCUT2D eigenvalue weighted by atomic mass is 32.2. The molecule has 0 heterocycles. The average Bonchev–Trinajstić information content (AvgIpc) is 2.37. The van der Waals surface area contributed by atoms with E-state index >= 15 is 0 Å². The molecule has 5 nitrogen and oxygen atoms in total. The topological polar surface area (TPSA) is 75.6 Å². The van der Waals surface area contributed by atoms with Gasteiger partial charge < -0.3 is 9.84 Å². The molecule has 126 valence electrons. The van der Waals surface area contributed by atoms with Crippen molar-refractivity contribution in [3.63, 3.8) is 0 Å². The summed E-state index contributed by atoms with van der Waals surface area (Å²) in [6, 6.07) is 5.06. The zero-order valence-corrected chi connectivity index (χ0v) is 14.8. The van der Waals surface area contributed by atoms with E-state index in [1.807, 2.05) is 32.9 Å². The molecule has 0 spiro atoms. The van der Waals surface area contributed by atoms with Crippen LogP contribution in [0.2, 0.25) is 0 Å². The van der Waals surface area contributed by atoms with Crippen molar-refractivity contribution >= 4 is 10.0 Å². The third-order valence-electron chi connectivity index (χ3n) is 3.51. The molecule has 0 aliphatic rings. The van der Waals surface area contributed by atoms with E-state index in [1.165, 1.54) is 7.11 Å². The Bertz CT molecular complexity index is 585. The van der Waals surface area contributed by atoms with E-state index in [9.17, 15) is 8.42 Å². The van der Waals surface area contributed by atoms with E-state index in [0.717, 1.165) is 5.56 Å². The summed E-state index contributed by atoms with van der Waals surface area (Å²) in [5, 5.41) is 9.05. The third kappa shape index (κ3) is 5.05. The van der Waals surface area contributed by atoms with Crippen molar-refractivity contribution in [2.24, 2.45) is 0 Å². The van der Waals surface area contributed by atoms with Crippen LogP contribution in [0.25, 0.3) is 0 Å². The fourth-order valence-corrected chi connectivity index (χ4v) is 3.70. The van der Waals surface area contributed by atoms with Gasteiger partial charge in [0.25, 0.3) is 0 Å². The molecule has 0 bridgehead atoms. The maximum absolute atomic E-state index is 12.6. The Morgan fingerprint density at radius 3 is 2.45 bits per heavy atom. The Morgan fingerprint density at radius 1 is 1.32 bits per heavy atom. The van der Waals surface area contributed by atoms with Crippen LogP contribution in [0, 0.1) is 6.92 Å². The second kappa shape index (κ2) is 7.55. The fourth-order valence-electron chi connectivity index (χ4n) is 2.17. The van der Waals surface area contributed by atoms with E-state index < -0.39 is 16.1 Å². The standard InChI is InChI=1S/C16H27NO4S/c1-12-6-7-13(16(2,3)4)10-15(12)22(19,20)17-14(8-9-18)11-21-5/h6-7,10,14,17-18H,8-9,11H2,1-5H3. The quantitative estimate of drug-likeness (QED) is 0.802. The molecule has 1 rings (SSSR count). The molecule has 1 aromatic carbocycles. The van der Waals surface area contributed by atoms with E-state index in [1.54, 1.807) is 13.0 Å². The minimum absolute atomic E-state index is 0.0996. The van der Waals surface area contributed by atoms with Gasteiger partial charge in [0.2, 0.25) is 10.0 Å². The molecule has 0 saturated heterocycles. The number of aliphatic hydroxyl groups is 1. The van der Waals surface area contributed by atoms with Crippen molar-refractivity contribution in [2.75, 3.05) is 20.3 Å².